The molecule has 0 unspecified atom stereocenters. The van der Waals surface area contributed by atoms with Gasteiger partial charge >= 0.3 is 0 Å². The minimum absolute atomic E-state index is 0.216. The fourth-order valence-electron chi connectivity index (χ4n) is 2.92. The highest BCUT2D eigenvalue weighted by atomic mass is 16.6. The van der Waals surface area contributed by atoms with E-state index < -0.39 is 55.0 Å². The molecule has 0 saturated carbocycles. The number of carbonyl (C=O) groups is 4. The second-order valence-corrected chi connectivity index (χ2v) is 5.26. The number of carbonyl (C=O) groups excluding carboxylic acids is 4. The summed E-state index contributed by atoms with van der Waals surface area (Å²) in [4.78, 5) is 68.8. The molecule has 3 rings (SSSR count). The molecular weight excluding hydrogens is 348 g/mol. The van der Waals surface area contributed by atoms with Gasteiger partial charge < -0.3 is 0 Å². The van der Waals surface area contributed by atoms with Gasteiger partial charge in [-0.05, 0) is 12.1 Å². The zero-order valence-corrected chi connectivity index (χ0v) is 12.6. The Kier molecular flexibility index (Phi) is 3.72. The van der Waals surface area contributed by atoms with Crippen molar-refractivity contribution in [3.05, 3.63) is 77.9 Å². The van der Waals surface area contributed by atoms with Gasteiger partial charge in [0.25, 0.3) is 11.4 Å². The van der Waals surface area contributed by atoms with E-state index in [-0.39, 0.29) is 23.7 Å². The normalized spacial score (nSPS) is 12.2. The van der Waals surface area contributed by atoms with Crippen molar-refractivity contribution in [3.63, 3.8) is 0 Å². The molecule has 128 valence electrons. The lowest BCUT2D eigenvalue weighted by atomic mass is 9.78. The smallest absolute Gasteiger partial charge is 0.281 e. The molecule has 26 heavy (non-hydrogen) atoms. The van der Waals surface area contributed by atoms with E-state index in [4.69, 9.17) is 0 Å². The second kappa shape index (κ2) is 5.77. The van der Waals surface area contributed by atoms with Crippen molar-refractivity contribution in [1.82, 2.24) is 0 Å². The van der Waals surface area contributed by atoms with E-state index in [0.29, 0.717) is 0 Å². The van der Waals surface area contributed by atoms with E-state index >= 15 is 0 Å². The van der Waals surface area contributed by atoms with Gasteiger partial charge in [-0.2, -0.15) is 0 Å². The first-order valence-electron chi connectivity index (χ1n) is 6.96. The molecule has 0 heterocycles. The van der Waals surface area contributed by atoms with Crippen LogP contribution in [0.15, 0.2) is 24.3 Å². The molecule has 0 bridgehead atoms. The monoisotopic (exact) mass is 354 g/mol. The van der Waals surface area contributed by atoms with Crippen molar-refractivity contribution in [3.8, 4) is 0 Å². The maximum atomic E-state index is 12.8. The Morgan fingerprint density at radius 3 is 1.27 bits per heavy atom. The first kappa shape index (κ1) is 16.8. The van der Waals surface area contributed by atoms with Gasteiger partial charge in [-0.1, -0.05) is 0 Å². The minimum Gasteiger partial charge on any atom is -0.298 e. The Morgan fingerprint density at radius 1 is 0.654 bits per heavy atom. The number of hydrogen-bond acceptors (Lipinski definition) is 8. The van der Waals surface area contributed by atoms with Gasteiger partial charge in [0, 0.05) is 23.3 Å². The Hall–Kier alpha value is -4.08. The van der Waals surface area contributed by atoms with Gasteiger partial charge in [-0.25, -0.2) is 0 Å². The summed E-state index contributed by atoms with van der Waals surface area (Å²) < 4.78 is 0. The summed E-state index contributed by atoms with van der Waals surface area (Å²) in [6, 6.07) is 3.73. The van der Waals surface area contributed by atoms with E-state index in [2.05, 4.69) is 0 Å². The molecule has 0 radical (unpaired) electrons. The fraction of sp³-hybridized carbons (Fsp3) is 0. The maximum absolute atomic E-state index is 12.8. The van der Waals surface area contributed by atoms with Crippen LogP contribution in [0, 0.1) is 20.2 Å². The van der Waals surface area contributed by atoms with Crippen LogP contribution in [-0.2, 0) is 0 Å². The van der Waals surface area contributed by atoms with Crippen molar-refractivity contribution < 1.29 is 29.0 Å². The van der Waals surface area contributed by atoms with Crippen LogP contribution in [0.1, 0.15) is 52.6 Å². The summed E-state index contributed by atoms with van der Waals surface area (Å²) in [5.41, 5.74) is -4.62. The third-order valence-corrected chi connectivity index (χ3v) is 3.99. The van der Waals surface area contributed by atoms with Crippen LogP contribution < -0.4 is 0 Å². The lowest BCUT2D eigenvalue weighted by molar-refractivity contribution is -0.385. The molecule has 10 nitrogen and oxygen atoms in total. The fourth-order valence-corrected chi connectivity index (χ4v) is 2.92. The Bertz CT molecular complexity index is 985. The third kappa shape index (κ3) is 2.13. The summed E-state index contributed by atoms with van der Waals surface area (Å²) in [6.07, 6.45) is 0.433. The van der Waals surface area contributed by atoms with Crippen molar-refractivity contribution >= 4 is 35.5 Å². The van der Waals surface area contributed by atoms with E-state index in [1.54, 1.807) is 0 Å². The first-order chi connectivity index (χ1) is 12.3. The number of benzene rings is 2. The molecule has 0 spiro atoms. The highest BCUT2D eigenvalue weighted by molar-refractivity contribution is 6.34. The summed E-state index contributed by atoms with van der Waals surface area (Å²) in [5, 5.41) is 22.5. The zero-order valence-electron chi connectivity index (χ0n) is 12.6. The van der Waals surface area contributed by atoms with Crippen molar-refractivity contribution in [2.75, 3.05) is 0 Å². The van der Waals surface area contributed by atoms with Gasteiger partial charge in [0.05, 0.1) is 21.0 Å². The Balaban J connectivity index is 2.52. The number of nitrogens with zero attached hydrogens (tertiary/aromatic N) is 2. The number of ketones is 2. The number of nitro groups is 2. The predicted molar refractivity (Wildman–Crippen MR) is 83.8 cm³/mol. The predicted octanol–water partition coefficient (Wildman–Crippen LogP) is 1.90. The molecule has 0 aromatic heterocycles. The number of hydrogen-bond donors (Lipinski definition) is 0. The summed E-state index contributed by atoms with van der Waals surface area (Å²) in [6.45, 7) is 0. The molecule has 1 aliphatic rings. The molecular formula is C16H6N2O8. The molecule has 0 N–H and O–H groups in total. The SMILES string of the molecule is O=Cc1ccc([N+](=O)[O-])c2c1C(=O)c1c([N+](=O)[O-])ccc(C=O)c1C2=O. The number of nitro benzene ring substituents is 2. The Morgan fingerprint density at radius 2 is 1.00 bits per heavy atom. The largest absolute Gasteiger partial charge is 0.298 e. The molecule has 10 heteroatoms. The summed E-state index contributed by atoms with van der Waals surface area (Å²) >= 11 is 0. The van der Waals surface area contributed by atoms with Crippen LogP contribution in [-0.4, -0.2) is 34.0 Å². The van der Waals surface area contributed by atoms with Crippen LogP contribution in [0.4, 0.5) is 11.4 Å². The van der Waals surface area contributed by atoms with E-state index in [1.807, 2.05) is 0 Å². The molecule has 0 aliphatic heterocycles. The molecule has 0 fully saturated rings. The average Bonchev–Trinajstić information content (AvgIpc) is 2.63. The highest BCUT2D eigenvalue weighted by Crippen LogP contribution is 2.39. The standard InChI is InChI=1S/C16H6N2O8/c19-5-7-1-3-9(17(23)24)13-11(7)15(21)14-10(18(25)26)4-2-8(6-20)12(14)16(13)22/h1-6H. The van der Waals surface area contributed by atoms with Crippen LogP contribution in [0.3, 0.4) is 0 Å². The van der Waals surface area contributed by atoms with E-state index in [1.165, 1.54) is 0 Å². The Labute approximate surface area is 143 Å². The molecule has 2 aromatic carbocycles. The van der Waals surface area contributed by atoms with Gasteiger partial charge in [-0.15, -0.1) is 0 Å². The van der Waals surface area contributed by atoms with Crippen LogP contribution in [0.2, 0.25) is 0 Å². The first-order valence-corrected chi connectivity index (χ1v) is 6.96. The topological polar surface area (TPSA) is 155 Å². The van der Waals surface area contributed by atoms with E-state index in [0.717, 1.165) is 24.3 Å². The summed E-state index contributed by atoms with van der Waals surface area (Å²) in [5.74, 6) is -2.20. The zero-order chi connectivity index (χ0) is 19.2. The van der Waals surface area contributed by atoms with Crippen LogP contribution in [0.5, 0.6) is 0 Å². The van der Waals surface area contributed by atoms with Gasteiger partial charge in [-0.3, -0.25) is 39.4 Å². The molecule has 2 aromatic rings. The maximum Gasteiger partial charge on any atom is 0.281 e. The van der Waals surface area contributed by atoms with Gasteiger partial charge in [0.15, 0.2) is 12.6 Å². The number of rotatable bonds is 4. The third-order valence-electron chi connectivity index (χ3n) is 3.99. The lowest BCUT2D eigenvalue weighted by Crippen LogP contribution is -2.26. The molecule has 0 amide bonds. The van der Waals surface area contributed by atoms with Crippen LogP contribution >= 0.6 is 0 Å². The van der Waals surface area contributed by atoms with Gasteiger partial charge in [0.1, 0.15) is 11.1 Å². The molecule has 0 atom stereocenters. The van der Waals surface area contributed by atoms with Crippen molar-refractivity contribution in [2.45, 2.75) is 0 Å². The highest BCUT2D eigenvalue weighted by Gasteiger charge is 2.42. The quantitative estimate of drug-likeness (QED) is 0.391. The molecule has 1 aliphatic carbocycles. The second-order valence-electron chi connectivity index (χ2n) is 5.26. The number of aldehydes is 2. The summed E-state index contributed by atoms with van der Waals surface area (Å²) in [7, 11) is 0. The average molecular weight is 354 g/mol. The van der Waals surface area contributed by atoms with E-state index in [9.17, 15) is 39.4 Å². The van der Waals surface area contributed by atoms with Crippen molar-refractivity contribution in [1.29, 1.82) is 0 Å². The van der Waals surface area contributed by atoms with Gasteiger partial charge in [0.2, 0.25) is 11.6 Å². The number of fused-ring (bicyclic) bond motifs is 2. The van der Waals surface area contributed by atoms with Crippen molar-refractivity contribution in [2.24, 2.45) is 0 Å². The minimum atomic E-state index is -1.10. The van der Waals surface area contributed by atoms with Crippen LogP contribution in [0.25, 0.3) is 0 Å². The molecule has 0 saturated heterocycles. The lowest BCUT2D eigenvalue weighted by Gasteiger charge is -2.19.